The van der Waals surface area contributed by atoms with Gasteiger partial charge in [0.25, 0.3) is 0 Å². The van der Waals surface area contributed by atoms with Gasteiger partial charge < -0.3 is 10.4 Å². The highest BCUT2D eigenvalue weighted by molar-refractivity contribution is 5.37. The highest BCUT2D eigenvalue weighted by Crippen LogP contribution is 2.33. The zero-order chi connectivity index (χ0) is 13.2. The summed E-state index contributed by atoms with van der Waals surface area (Å²) in [4.78, 5) is 0. The van der Waals surface area contributed by atoms with Crippen molar-refractivity contribution >= 4 is 0 Å². The summed E-state index contributed by atoms with van der Waals surface area (Å²) in [6.07, 6.45) is -1.75. The first-order valence-electron chi connectivity index (χ1n) is 6.06. The molecule has 0 aliphatic carbocycles. The summed E-state index contributed by atoms with van der Waals surface area (Å²) in [5, 5.41) is 12.9. The number of alkyl halides is 3. The number of hydrogen-bond donors (Lipinski definition) is 2. The Morgan fingerprint density at radius 1 is 1.22 bits per heavy atom. The second-order valence-corrected chi connectivity index (χ2v) is 4.74. The van der Waals surface area contributed by atoms with Crippen molar-refractivity contribution in [2.24, 2.45) is 5.92 Å². The van der Waals surface area contributed by atoms with Crippen molar-refractivity contribution in [2.75, 3.05) is 13.1 Å². The van der Waals surface area contributed by atoms with E-state index in [2.05, 4.69) is 5.32 Å². The summed E-state index contributed by atoms with van der Waals surface area (Å²) in [5.74, 6) is 0.192. The number of benzene rings is 1. The zero-order valence-corrected chi connectivity index (χ0v) is 9.93. The van der Waals surface area contributed by atoms with Gasteiger partial charge in [0, 0.05) is 0 Å². The van der Waals surface area contributed by atoms with E-state index in [0.29, 0.717) is 17.9 Å². The van der Waals surface area contributed by atoms with Crippen LogP contribution in [0.25, 0.3) is 0 Å². The van der Waals surface area contributed by atoms with Gasteiger partial charge in [0.1, 0.15) is 5.75 Å². The number of piperidine rings is 1. The minimum Gasteiger partial charge on any atom is -0.508 e. The van der Waals surface area contributed by atoms with Crippen LogP contribution in [-0.4, -0.2) is 18.2 Å². The molecule has 0 atom stereocenters. The highest BCUT2D eigenvalue weighted by Gasteiger charge is 2.31. The van der Waals surface area contributed by atoms with Gasteiger partial charge >= 0.3 is 6.18 Å². The summed E-state index contributed by atoms with van der Waals surface area (Å²) in [5.41, 5.74) is -0.191. The summed E-state index contributed by atoms with van der Waals surface area (Å²) in [6, 6.07) is 3.24. The number of hydrogen-bond acceptors (Lipinski definition) is 2. The molecule has 100 valence electrons. The van der Waals surface area contributed by atoms with Crippen LogP contribution in [0, 0.1) is 5.92 Å². The van der Waals surface area contributed by atoms with E-state index in [9.17, 15) is 18.3 Å². The van der Waals surface area contributed by atoms with Crippen molar-refractivity contribution in [2.45, 2.75) is 25.4 Å². The maximum atomic E-state index is 12.4. The Labute approximate surface area is 104 Å². The van der Waals surface area contributed by atoms with E-state index < -0.39 is 11.7 Å². The summed E-state index contributed by atoms with van der Waals surface area (Å²) >= 11 is 0. The number of halogens is 3. The summed E-state index contributed by atoms with van der Waals surface area (Å²) in [7, 11) is 0. The van der Waals surface area contributed by atoms with Crippen molar-refractivity contribution in [3.63, 3.8) is 0 Å². The van der Waals surface area contributed by atoms with Crippen LogP contribution < -0.4 is 5.32 Å². The molecule has 1 fully saturated rings. The number of aromatic hydroxyl groups is 1. The molecule has 1 heterocycles. The molecule has 2 N–H and O–H groups in total. The van der Waals surface area contributed by atoms with Gasteiger partial charge in [-0.3, -0.25) is 0 Å². The molecular formula is C13H16F3NO. The monoisotopic (exact) mass is 259 g/mol. The molecule has 0 bridgehead atoms. The minimum absolute atomic E-state index is 0.247. The standard InChI is InChI=1S/C13H16F3NO/c14-13(15,16)11-2-1-10(12(18)8-11)7-9-3-5-17-6-4-9/h1-2,8-9,17-18H,3-7H2. The Balaban J connectivity index is 2.09. The maximum absolute atomic E-state index is 12.4. The van der Waals surface area contributed by atoms with E-state index in [4.69, 9.17) is 0 Å². The lowest BCUT2D eigenvalue weighted by Crippen LogP contribution is -2.28. The van der Waals surface area contributed by atoms with Crippen molar-refractivity contribution in [1.82, 2.24) is 5.32 Å². The van der Waals surface area contributed by atoms with E-state index in [-0.39, 0.29) is 5.75 Å². The van der Waals surface area contributed by atoms with Gasteiger partial charge in [0.05, 0.1) is 5.56 Å². The Bertz CT molecular complexity index is 411. The van der Waals surface area contributed by atoms with Crippen LogP contribution in [0.15, 0.2) is 18.2 Å². The fraction of sp³-hybridized carbons (Fsp3) is 0.538. The molecular weight excluding hydrogens is 243 g/mol. The van der Waals surface area contributed by atoms with Gasteiger partial charge in [0.15, 0.2) is 0 Å². The Hall–Kier alpha value is -1.23. The van der Waals surface area contributed by atoms with Crippen LogP contribution in [-0.2, 0) is 12.6 Å². The number of nitrogens with one attached hydrogen (secondary N) is 1. The lowest BCUT2D eigenvalue weighted by atomic mass is 9.90. The Kier molecular flexibility index (Phi) is 3.80. The second kappa shape index (κ2) is 5.18. The van der Waals surface area contributed by atoms with Gasteiger partial charge in [-0.2, -0.15) is 13.2 Å². The van der Waals surface area contributed by atoms with E-state index in [1.54, 1.807) is 0 Å². The van der Waals surface area contributed by atoms with Crippen LogP contribution in [0.3, 0.4) is 0 Å². The quantitative estimate of drug-likeness (QED) is 0.855. The molecule has 1 aliphatic heterocycles. The summed E-state index contributed by atoms with van der Waals surface area (Å²) in [6.45, 7) is 1.87. The smallest absolute Gasteiger partial charge is 0.416 e. The molecule has 5 heteroatoms. The lowest BCUT2D eigenvalue weighted by Gasteiger charge is -2.23. The fourth-order valence-corrected chi connectivity index (χ4v) is 2.31. The molecule has 0 unspecified atom stereocenters. The Morgan fingerprint density at radius 3 is 2.44 bits per heavy atom. The second-order valence-electron chi connectivity index (χ2n) is 4.74. The predicted molar refractivity (Wildman–Crippen MR) is 62.4 cm³/mol. The first-order chi connectivity index (χ1) is 8.47. The normalized spacial score (nSPS) is 17.9. The number of rotatable bonds is 2. The lowest BCUT2D eigenvalue weighted by molar-refractivity contribution is -0.137. The van der Waals surface area contributed by atoms with E-state index in [0.717, 1.165) is 38.1 Å². The van der Waals surface area contributed by atoms with Crippen LogP contribution in [0.5, 0.6) is 5.75 Å². The first-order valence-corrected chi connectivity index (χ1v) is 6.06. The van der Waals surface area contributed by atoms with Crippen molar-refractivity contribution in [3.8, 4) is 5.75 Å². The third kappa shape index (κ3) is 3.16. The molecule has 1 saturated heterocycles. The summed E-state index contributed by atoms with van der Waals surface area (Å²) < 4.78 is 37.3. The minimum atomic E-state index is -4.40. The van der Waals surface area contributed by atoms with Crippen LogP contribution in [0.4, 0.5) is 13.2 Å². The highest BCUT2D eigenvalue weighted by atomic mass is 19.4. The predicted octanol–water partition coefficient (Wildman–Crippen LogP) is 2.95. The van der Waals surface area contributed by atoms with Gasteiger partial charge in [-0.1, -0.05) is 6.07 Å². The largest absolute Gasteiger partial charge is 0.508 e. The zero-order valence-electron chi connectivity index (χ0n) is 9.93. The molecule has 1 aromatic rings. The third-order valence-electron chi connectivity index (χ3n) is 3.38. The van der Waals surface area contributed by atoms with Crippen molar-refractivity contribution in [1.29, 1.82) is 0 Å². The molecule has 2 nitrogen and oxygen atoms in total. The van der Waals surface area contributed by atoms with Crippen molar-refractivity contribution in [3.05, 3.63) is 29.3 Å². The average Bonchev–Trinajstić information content (AvgIpc) is 2.32. The van der Waals surface area contributed by atoms with Gasteiger partial charge in [-0.25, -0.2) is 0 Å². The third-order valence-corrected chi connectivity index (χ3v) is 3.38. The first kappa shape index (κ1) is 13.2. The van der Waals surface area contributed by atoms with Crippen LogP contribution >= 0.6 is 0 Å². The molecule has 0 radical (unpaired) electrons. The van der Waals surface area contributed by atoms with E-state index >= 15 is 0 Å². The average molecular weight is 259 g/mol. The topological polar surface area (TPSA) is 32.3 Å². The van der Waals surface area contributed by atoms with Crippen LogP contribution in [0.1, 0.15) is 24.0 Å². The maximum Gasteiger partial charge on any atom is 0.416 e. The molecule has 1 aromatic carbocycles. The van der Waals surface area contributed by atoms with Gasteiger partial charge in [-0.05, 0) is 56.0 Å². The molecule has 1 aliphatic rings. The molecule has 18 heavy (non-hydrogen) atoms. The van der Waals surface area contributed by atoms with E-state index in [1.165, 1.54) is 6.07 Å². The van der Waals surface area contributed by atoms with Crippen LogP contribution in [0.2, 0.25) is 0 Å². The molecule has 0 saturated carbocycles. The molecule has 0 aromatic heterocycles. The molecule has 0 amide bonds. The molecule has 0 spiro atoms. The fourth-order valence-electron chi connectivity index (χ4n) is 2.31. The van der Waals surface area contributed by atoms with E-state index in [1.807, 2.05) is 0 Å². The van der Waals surface area contributed by atoms with Crippen molar-refractivity contribution < 1.29 is 18.3 Å². The SMILES string of the molecule is Oc1cc(C(F)(F)F)ccc1CC1CCNCC1. The number of phenols is 1. The number of phenolic OH excluding ortho intramolecular Hbond substituents is 1. The van der Waals surface area contributed by atoms with Gasteiger partial charge in [-0.15, -0.1) is 0 Å². The Morgan fingerprint density at radius 2 is 1.89 bits per heavy atom. The van der Waals surface area contributed by atoms with Gasteiger partial charge in [0.2, 0.25) is 0 Å². The molecule has 2 rings (SSSR count).